The number of rotatable bonds is 3. The summed E-state index contributed by atoms with van der Waals surface area (Å²) >= 11 is 0. The Morgan fingerprint density at radius 3 is 2.29 bits per heavy atom. The molecular formula is C16H23F3N2O3. The minimum Gasteiger partial charge on any atom is -0.475 e. The van der Waals surface area contributed by atoms with Gasteiger partial charge in [0.2, 0.25) is 0 Å². The van der Waals surface area contributed by atoms with Crippen molar-refractivity contribution in [3.05, 3.63) is 18.4 Å². The van der Waals surface area contributed by atoms with Gasteiger partial charge in [-0.1, -0.05) is 13.0 Å². The van der Waals surface area contributed by atoms with Crippen LogP contribution in [0.15, 0.2) is 18.4 Å². The summed E-state index contributed by atoms with van der Waals surface area (Å²) in [5.41, 5.74) is 2.52. The summed E-state index contributed by atoms with van der Waals surface area (Å²) in [4.78, 5) is 22.9. The highest BCUT2D eigenvalue weighted by molar-refractivity contribution is 5.87. The fourth-order valence-electron chi connectivity index (χ4n) is 3.04. The number of amides is 1. The molecule has 2 aliphatic rings. The van der Waals surface area contributed by atoms with E-state index in [1.54, 1.807) is 0 Å². The highest BCUT2D eigenvalue weighted by Gasteiger charge is 2.38. The molecule has 24 heavy (non-hydrogen) atoms. The van der Waals surface area contributed by atoms with Crippen LogP contribution in [0, 0.1) is 0 Å². The first-order valence-electron chi connectivity index (χ1n) is 7.94. The van der Waals surface area contributed by atoms with Gasteiger partial charge in [-0.15, -0.1) is 5.73 Å². The molecule has 0 spiro atoms. The van der Waals surface area contributed by atoms with Crippen LogP contribution in [0.4, 0.5) is 13.2 Å². The lowest BCUT2D eigenvalue weighted by atomic mass is 10.1. The first-order valence-corrected chi connectivity index (χ1v) is 7.94. The zero-order chi connectivity index (χ0) is 18.2. The Morgan fingerprint density at radius 1 is 1.21 bits per heavy atom. The van der Waals surface area contributed by atoms with Crippen LogP contribution in [-0.2, 0) is 9.59 Å². The lowest BCUT2D eigenvalue weighted by molar-refractivity contribution is -0.192. The molecule has 1 amide bonds. The summed E-state index contributed by atoms with van der Waals surface area (Å²) in [5, 5.41) is 10.2. The molecule has 1 aliphatic carbocycles. The van der Waals surface area contributed by atoms with Crippen LogP contribution in [0.3, 0.4) is 0 Å². The number of alkyl halides is 3. The zero-order valence-corrected chi connectivity index (χ0v) is 13.4. The molecule has 1 saturated carbocycles. The first kappa shape index (κ1) is 20.3. The second-order valence-electron chi connectivity index (χ2n) is 5.92. The average Bonchev–Trinajstić information content (AvgIpc) is 2.96. The van der Waals surface area contributed by atoms with E-state index in [0.29, 0.717) is 12.1 Å². The molecule has 2 N–H and O–H groups in total. The van der Waals surface area contributed by atoms with E-state index in [2.05, 4.69) is 22.5 Å². The van der Waals surface area contributed by atoms with Crippen molar-refractivity contribution >= 4 is 11.9 Å². The molecule has 1 saturated heterocycles. The SMILES string of the molecule is C=C=CC(=O)N[C@@H]1CC[C@H](N2CCCCC2)C1.O=C(O)C(F)(F)F. The zero-order valence-electron chi connectivity index (χ0n) is 13.4. The van der Waals surface area contributed by atoms with Crippen molar-refractivity contribution in [1.82, 2.24) is 10.2 Å². The van der Waals surface area contributed by atoms with E-state index in [-0.39, 0.29) is 5.91 Å². The normalized spacial score (nSPS) is 24.3. The Balaban J connectivity index is 0.000000351. The van der Waals surface area contributed by atoms with Crippen LogP contribution in [0.5, 0.6) is 0 Å². The van der Waals surface area contributed by atoms with E-state index in [0.717, 1.165) is 12.8 Å². The fraction of sp³-hybridized carbons (Fsp3) is 0.688. The Morgan fingerprint density at radius 2 is 1.79 bits per heavy atom. The maximum Gasteiger partial charge on any atom is 0.490 e. The molecule has 136 valence electrons. The standard InChI is InChI=1S/C14H22N2O.C2HF3O2/c1-2-6-14(17)15-12-7-8-13(11-12)16-9-4-3-5-10-16;3-2(4,5)1(6)7/h6,12-13H,1,3-5,7-11H2,(H,15,17);(H,6,7)/t12-,13+;/m1./s1. The summed E-state index contributed by atoms with van der Waals surface area (Å²) in [7, 11) is 0. The number of hydrogen-bond acceptors (Lipinski definition) is 3. The molecule has 0 radical (unpaired) electrons. The molecule has 0 aromatic heterocycles. The van der Waals surface area contributed by atoms with E-state index in [9.17, 15) is 18.0 Å². The largest absolute Gasteiger partial charge is 0.490 e. The van der Waals surface area contributed by atoms with Crippen molar-refractivity contribution in [1.29, 1.82) is 0 Å². The number of carboxylic acids is 1. The number of nitrogens with one attached hydrogen (secondary N) is 1. The third-order valence-corrected chi connectivity index (χ3v) is 4.13. The molecule has 0 aromatic rings. The average molecular weight is 348 g/mol. The Hall–Kier alpha value is -1.79. The van der Waals surface area contributed by atoms with Gasteiger partial charge in [-0.05, 0) is 45.2 Å². The van der Waals surface area contributed by atoms with E-state index < -0.39 is 12.1 Å². The van der Waals surface area contributed by atoms with Crippen LogP contribution < -0.4 is 5.32 Å². The predicted octanol–water partition coefficient (Wildman–Crippen LogP) is 2.48. The van der Waals surface area contributed by atoms with Gasteiger partial charge in [-0.25, -0.2) is 4.79 Å². The molecule has 0 bridgehead atoms. The smallest absolute Gasteiger partial charge is 0.475 e. The number of aliphatic carboxylic acids is 1. The van der Waals surface area contributed by atoms with Gasteiger partial charge in [-0.2, -0.15) is 13.2 Å². The van der Waals surface area contributed by atoms with Gasteiger partial charge >= 0.3 is 12.1 Å². The predicted molar refractivity (Wildman–Crippen MR) is 82.4 cm³/mol. The molecule has 0 aromatic carbocycles. The van der Waals surface area contributed by atoms with Crippen molar-refractivity contribution in [2.24, 2.45) is 0 Å². The van der Waals surface area contributed by atoms with Crippen LogP contribution in [0.25, 0.3) is 0 Å². The van der Waals surface area contributed by atoms with E-state index in [1.165, 1.54) is 44.8 Å². The van der Waals surface area contributed by atoms with Crippen LogP contribution in [0.2, 0.25) is 0 Å². The maximum absolute atomic E-state index is 11.4. The highest BCUT2D eigenvalue weighted by atomic mass is 19.4. The van der Waals surface area contributed by atoms with Crippen molar-refractivity contribution in [3.8, 4) is 0 Å². The number of carbonyl (C=O) groups is 2. The minimum absolute atomic E-state index is 0.0516. The quantitative estimate of drug-likeness (QED) is 0.607. The molecule has 2 fully saturated rings. The van der Waals surface area contributed by atoms with Crippen LogP contribution in [-0.4, -0.2) is 53.2 Å². The van der Waals surface area contributed by atoms with Gasteiger partial charge in [-0.3, -0.25) is 4.79 Å². The molecule has 2 rings (SSSR count). The summed E-state index contributed by atoms with van der Waals surface area (Å²) in [6.07, 6.45) is 3.80. The lowest BCUT2D eigenvalue weighted by Crippen LogP contribution is -2.39. The second-order valence-corrected chi connectivity index (χ2v) is 5.92. The van der Waals surface area contributed by atoms with E-state index in [4.69, 9.17) is 9.90 Å². The number of halogens is 3. The Bertz CT molecular complexity index is 481. The molecule has 2 atom stereocenters. The number of hydrogen-bond donors (Lipinski definition) is 2. The molecule has 1 aliphatic heterocycles. The van der Waals surface area contributed by atoms with Gasteiger partial charge in [0.15, 0.2) is 0 Å². The maximum atomic E-state index is 11.4. The number of carboxylic acid groups (broad SMARTS) is 1. The minimum atomic E-state index is -5.08. The van der Waals surface area contributed by atoms with Crippen molar-refractivity contribution in [2.75, 3.05) is 13.1 Å². The lowest BCUT2D eigenvalue weighted by Gasteiger charge is -2.32. The van der Waals surface area contributed by atoms with E-state index in [1.807, 2.05) is 0 Å². The van der Waals surface area contributed by atoms with Gasteiger partial charge < -0.3 is 15.3 Å². The molecule has 5 nitrogen and oxygen atoms in total. The second kappa shape index (κ2) is 9.49. The third kappa shape index (κ3) is 7.19. The number of likely N-dealkylation sites (tertiary alicyclic amines) is 1. The first-order chi connectivity index (χ1) is 11.2. The van der Waals surface area contributed by atoms with Crippen molar-refractivity contribution < 1.29 is 27.9 Å². The third-order valence-electron chi connectivity index (χ3n) is 4.13. The topological polar surface area (TPSA) is 69.6 Å². The van der Waals surface area contributed by atoms with Gasteiger partial charge in [0, 0.05) is 18.2 Å². The summed E-state index contributed by atoms with van der Waals surface area (Å²) in [6.45, 7) is 5.91. The van der Waals surface area contributed by atoms with Gasteiger partial charge in [0.25, 0.3) is 5.91 Å². The summed E-state index contributed by atoms with van der Waals surface area (Å²) < 4.78 is 31.7. The van der Waals surface area contributed by atoms with Crippen molar-refractivity contribution in [3.63, 3.8) is 0 Å². The van der Waals surface area contributed by atoms with Crippen molar-refractivity contribution in [2.45, 2.75) is 56.8 Å². The number of nitrogens with zero attached hydrogens (tertiary/aromatic N) is 1. The monoisotopic (exact) mass is 348 g/mol. The molecule has 0 unspecified atom stereocenters. The fourth-order valence-corrected chi connectivity index (χ4v) is 3.04. The van der Waals surface area contributed by atoms with Gasteiger partial charge in [0.05, 0.1) is 0 Å². The summed E-state index contributed by atoms with van der Waals surface area (Å²) in [5.74, 6) is -2.81. The number of carbonyl (C=O) groups excluding carboxylic acids is 1. The number of piperidine rings is 1. The Kier molecular flexibility index (Phi) is 8.01. The molecule has 1 heterocycles. The summed E-state index contributed by atoms with van der Waals surface area (Å²) in [6, 6.07) is 1.03. The molecular weight excluding hydrogens is 325 g/mol. The van der Waals surface area contributed by atoms with E-state index >= 15 is 0 Å². The van der Waals surface area contributed by atoms with Crippen LogP contribution >= 0.6 is 0 Å². The van der Waals surface area contributed by atoms with Crippen LogP contribution in [0.1, 0.15) is 38.5 Å². The highest BCUT2D eigenvalue weighted by Crippen LogP contribution is 2.26. The Labute approximate surface area is 139 Å². The molecule has 8 heteroatoms. The van der Waals surface area contributed by atoms with Gasteiger partial charge in [0.1, 0.15) is 0 Å².